The number of hydrogen-bond donors (Lipinski definition) is 1. The first-order valence-electron chi connectivity index (χ1n) is 4.24. The summed E-state index contributed by atoms with van der Waals surface area (Å²) in [6.45, 7) is 6.41. The fourth-order valence-corrected chi connectivity index (χ4v) is 1.28. The van der Waals surface area contributed by atoms with E-state index in [9.17, 15) is 4.79 Å². The Morgan fingerprint density at radius 3 is 2.62 bits per heavy atom. The van der Waals surface area contributed by atoms with Gasteiger partial charge < -0.3 is 5.11 Å². The lowest BCUT2D eigenvalue weighted by atomic mass is 10.1. The van der Waals surface area contributed by atoms with Crippen molar-refractivity contribution in [3.8, 4) is 0 Å². The van der Waals surface area contributed by atoms with E-state index in [1.165, 1.54) is 0 Å². The number of rotatable bonds is 3. The summed E-state index contributed by atoms with van der Waals surface area (Å²) in [5.74, 6) is -0.885. The van der Waals surface area contributed by atoms with Gasteiger partial charge in [0.05, 0.1) is 5.69 Å². The highest BCUT2D eigenvalue weighted by Crippen LogP contribution is 2.17. The summed E-state index contributed by atoms with van der Waals surface area (Å²) in [6, 6.07) is 0. The van der Waals surface area contributed by atoms with Crippen LogP contribution >= 0.6 is 0 Å². The zero-order valence-corrected chi connectivity index (χ0v) is 7.98. The van der Waals surface area contributed by atoms with Gasteiger partial charge in [0.25, 0.3) is 0 Å². The SMILES string of the molecule is CCn1nnc(C(=O)O)c1C(C)C. The number of carboxylic acid groups (broad SMARTS) is 1. The minimum Gasteiger partial charge on any atom is -0.476 e. The van der Waals surface area contributed by atoms with Crippen LogP contribution in [0.3, 0.4) is 0 Å². The van der Waals surface area contributed by atoms with E-state index in [4.69, 9.17) is 5.11 Å². The molecule has 1 N–H and O–H groups in total. The molecule has 1 heterocycles. The van der Waals surface area contributed by atoms with Crippen LogP contribution in [0.1, 0.15) is 42.9 Å². The molecule has 72 valence electrons. The van der Waals surface area contributed by atoms with E-state index in [0.29, 0.717) is 12.2 Å². The third-order valence-electron chi connectivity index (χ3n) is 1.82. The number of aryl methyl sites for hydroxylation is 1. The Labute approximate surface area is 76.4 Å². The number of aromatic carboxylic acids is 1. The monoisotopic (exact) mass is 183 g/mol. The standard InChI is InChI=1S/C8H13N3O2/c1-4-11-7(5(2)3)6(8(12)13)9-10-11/h5H,4H2,1-3H3,(H,12,13). The lowest BCUT2D eigenvalue weighted by molar-refractivity contribution is 0.0688. The molecule has 0 aliphatic heterocycles. The minimum absolute atomic E-state index is 0.0665. The van der Waals surface area contributed by atoms with Crippen LogP contribution in [0.4, 0.5) is 0 Å². The van der Waals surface area contributed by atoms with Crippen LogP contribution in [-0.2, 0) is 6.54 Å². The number of nitrogens with zero attached hydrogens (tertiary/aromatic N) is 3. The summed E-state index contributed by atoms with van der Waals surface area (Å²) in [7, 11) is 0. The Morgan fingerprint density at radius 2 is 2.23 bits per heavy atom. The second-order valence-electron chi connectivity index (χ2n) is 3.10. The van der Waals surface area contributed by atoms with E-state index < -0.39 is 5.97 Å². The molecule has 13 heavy (non-hydrogen) atoms. The van der Waals surface area contributed by atoms with E-state index in [2.05, 4.69) is 10.3 Å². The van der Waals surface area contributed by atoms with Crippen LogP contribution in [0.5, 0.6) is 0 Å². The van der Waals surface area contributed by atoms with Crippen molar-refractivity contribution in [2.45, 2.75) is 33.2 Å². The highest BCUT2D eigenvalue weighted by molar-refractivity contribution is 5.86. The Bertz CT molecular complexity index is 317. The van der Waals surface area contributed by atoms with Crippen molar-refractivity contribution in [1.29, 1.82) is 0 Å². The van der Waals surface area contributed by atoms with Crippen molar-refractivity contribution >= 4 is 5.97 Å². The summed E-state index contributed by atoms with van der Waals surface area (Å²) in [4.78, 5) is 10.7. The number of aromatic nitrogens is 3. The first kappa shape index (κ1) is 9.70. The Kier molecular flexibility index (Phi) is 2.65. The molecule has 5 heteroatoms. The molecule has 0 aliphatic carbocycles. The maximum Gasteiger partial charge on any atom is 0.358 e. The quantitative estimate of drug-likeness (QED) is 0.762. The van der Waals surface area contributed by atoms with Crippen LogP contribution in [0.2, 0.25) is 0 Å². The fraction of sp³-hybridized carbons (Fsp3) is 0.625. The molecule has 0 radical (unpaired) electrons. The average Bonchev–Trinajstić information content (AvgIpc) is 2.46. The maximum absolute atomic E-state index is 10.7. The van der Waals surface area contributed by atoms with E-state index in [1.807, 2.05) is 20.8 Å². The van der Waals surface area contributed by atoms with Gasteiger partial charge in [-0.2, -0.15) is 0 Å². The van der Waals surface area contributed by atoms with Crippen LogP contribution in [0.15, 0.2) is 0 Å². The van der Waals surface area contributed by atoms with E-state index in [1.54, 1.807) is 4.68 Å². The van der Waals surface area contributed by atoms with E-state index in [0.717, 1.165) is 0 Å². The minimum atomic E-state index is -1.01. The van der Waals surface area contributed by atoms with E-state index >= 15 is 0 Å². The van der Waals surface area contributed by atoms with Crippen molar-refractivity contribution in [3.63, 3.8) is 0 Å². The topological polar surface area (TPSA) is 68.0 Å². The zero-order valence-electron chi connectivity index (χ0n) is 7.98. The predicted octanol–water partition coefficient (Wildman–Crippen LogP) is 1.12. The van der Waals surface area contributed by atoms with Gasteiger partial charge in [0.1, 0.15) is 0 Å². The molecule has 0 unspecified atom stereocenters. The van der Waals surface area contributed by atoms with Gasteiger partial charge in [-0.25, -0.2) is 9.48 Å². The van der Waals surface area contributed by atoms with Crippen molar-refractivity contribution in [2.75, 3.05) is 0 Å². The predicted molar refractivity (Wildman–Crippen MR) is 46.7 cm³/mol. The molecule has 0 saturated heterocycles. The normalized spacial score (nSPS) is 10.8. The summed E-state index contributed by atoms with van der Waals surface area (Å²) in [5.41, 5.74) is 0.756. The summed E-state index contributed by atoms with van der Waals surface area (Å²) in [5, 5.41) is 16.2. The molecule has 0 bridgehead atoms. The molecule has 0 aromatic carbocycles. The molecule has 0 spiro atoms. The van der Waals surface area contributed by atoms with Gasteiger partial charge in [-0.05, 0) is 12.8 Å². The number of carbonyl (C=O) groups is 1. The molecule has 1 rings (SSSR count). The molecular formula is C8H13N3O2. The lowest BCUT2D eigenvalue weighted by Crippen LogP contribution is -2.08. The van der Waals surface area contributed by atoms with Crippen LogP contribution < -0.4 is 0 Å². The smallest absolute Gasteiger partial charge is 0.358 e. The first-order chi connectivity index (χ1) is 6.07. The third kappa shape index (κ3) is 1.68. The Balaban J connectivity index is 3.22. The lowest BCUT2D eigenvalue weighted by Gasteiger charge is -2.06. The summed E-state index contributed by atoms with van der Waals surface area (Å²) >= 11 is 0. The largest absolute Gasteiger partial charge is 0.476 e. The van der Waals surface area contributed by atoms with Gasteiger partial charge in [0, 0.05) is 6.54 Å². The molecule has 0 fully saturated rings. The Hall–Kier alpha value is -1.39. The van der Waals surface area contributed by atoms with E-state index in [-0.39, 0.29) is 11.6 Å². The maximum atomic E-state index is 10.7. The van der Waals surface area contributed by atoms with Gasteiger partial charge in [-0.15, -0.1) is 5.10 Å². The molecule has 5 nitrogen and oxygen atoms in total. The molecule has 0 atom stereocenters. The second-order valence-corrected chi connectivity index (χ2v) is 3.10. The van der Waals surface area contributed by atoms with Gasteiger partial charge >= 0.3 is 5.97 Å². The Morgan fingerprint density at radius 1 is 1.62 bits per heavy atom. The molecule has 0 aliphatic rings. The molecule has 1 aromatic heterocycles. The van der Waals surface area contributed by atoms with Crippen LogP contribution in [0.25, 0.3) is 0 Å². The first-order valence-corrected chi connectivity index (χ1v) is 4.24. The highest BCUT2D eigenvalue weighted by Gasteiger charge is 2.20. The molecule has 1 aromatic rings. The van der Waals surface area contributed by atoms with Crippen molar-refractivity contribution < 1.29 is 9.90 Å². The van der Waals surface area contributed by atoms with Gasteiger partial charge in [-0.3, -0.25) is 0 Å². The summed E-state index contributed by atoms with van der Waals surface area (Å²) < 4.78 is 1.62. The highest BCUT2D eigenvalue weighted by atomic mass is 16.4. The van der Waals surface area contributed by atoms with Gasteiger partial charge in [0.15, 0.2) is 5.69 Å². The van der Waals surface area contributed by atoms with Gasteiger partial charge in [-0.1, -0.05) is 19.1 Å². The van der Waals surface area contributed by atoms with Crippen molar-refractivity contribution in [3.05, 3.63) is 11.4 Å². The third-order valence-corrected chi connectivity index (χ3v) is 1.82. The van der Waals surface area contributed by atoms with Crippen molar-refractivity contribution in [1.82, 2.24) is 15.0 Å². The van der Waals surface area contributed by atoms with Crippen LogP contribution in [-0.4, -0.2) is 26.1 Å². The molecule has 0 amide bonds. The summed E-state index contributed by atoms with van der Waals surface area (Å²) in [6.07, 6.45) is 0. The number of hydrogen-bond acceptors (Lipinski definition) is 3. The second kappa shape index (κ2) is 3.55. The molecule has 0 saturated carbocycles. The number of carboxylic acids is 1. The fourth-order valence-electron chi connectivity index (χ4n) is 1.28. The van der Waals surface area contributed by atoms with Crippen molar-refractivity contribution in [2.24, 2.45) is 0 Å². The van der Waals surface area contributed by atoms with Gasteiger partial charge in [0.2, 0.25) is 0 Å². The zero-order chi connectivity index (χ0) is 10.0. The molecular weight excluding hydrogens is 170 g/mol. The van der Waals surface area contributed by atoms with Crippen LogP contribution in [0, 0.1) is 0 Å². The average molecular weight is 183 g/mol.